The summed E-state index contributed by atoms with van der Waals surface area (Å²) < 4.78 is 11.0. The van der Waals surface area contributed by atoms with Crippen molar-refractivity contribution in [2.45, 2.75) is 26.3 Å². The Morgan fingerprint density at radius 3 is 2.72 bits per heavy atom. The first-order valence-corrected chi connectivity index (χ1v) is 8.47. The van der Waals surface area contributed by atoms with Crippen LogP contribution in [0.5, 0.6) is 5.75 Å². The molecule has 0 N–H and O–H groups in total. The van der Waals surface area contributed by atoms with E-state index in [4.69, 9.17) is 9.15 Å². The highest BCUT2D eigenvalue weighted by atomic mass is 16.5. The third-order valence-corrected chi connectivity index (χ3v) is 4.50. The minimum atomic E-state index is 0.0492. The lowest BCUT2D eigenvalue weighted by molar-refractivity contribution is -0.129. The lowest BCUT2D eigenvalue weighted by Crippen LogP contribution is -2.27. The van der Waals surface area contributed by atoms with Crippen molar-refractivity contribution in [2.75, 3.05) is 14.2 Å². The molecule has 0 spiro atoms. The van der Waals surface area contributed by atoms with Crippen LogP contribution in [0.25, 0.3) is 11.0 Å². The predicted molar refractivity (Wildman–Crippen MR) is 98.8 cm³/mol. The molecular formula is C21H23NO3. The molecule has 2 aromatic carbocycles. The number of likely N-dealkylation sites (N-methyl/N-ethyl adjacent to an activating group) is 1. The molecule has 130 valence electrons. The standard InChI is InChI=1S/C21H23NO3/c1-4-15-9-10-18-17(14-25-20(18)11-15)12-21(23)22(2)13-16-7-5-6-8-19(16)24-3/h5-11,14H,4,12-13H2,1-3H3. The highest BCUT2D eigenvalue weighted by Gasteiger charge is 2.15. The summed E-state index contributed by atoms with van der Waals surface area (Å²) in [6.45, 7) is 2.62. The predicted octanol–water partition coefficient (Wildman–Crippen LogP) is 4.20. The average Bonchev–Trinajstić information content (AvgIpc) is 3.04. The van der Waals surface area contributed by atoms with E-state index in [9.17, 15) is 4.79 Å². The summed E-state index contributed by atoms with van der Waals surface area (Å²) in [7, 11) is 3.45. The third-order valence-electron chi connectivity index (χ3n) is 4.50. The van der Waals surface area contributed by atoms with Gasteiger partial charge in [-0.15, -0.1) is 0 Å². The van der Waals surface area contributed by atoms with Crippen molar-refractivity contribution in [3.63, 3.8) is 0 Å². The molecule has 4 nitrogen and oxygen atoms in total. The average molecular weight is 337 g/mol. The SMILES string of the molecule is CCc1ccc2c(CC(=O)N(C)Cc3ccccc3OC)coc2c1. The van der Waals surface area contributed by atoms with Crippen LogP contribution in [0.3, 0.4) is 0 Å². The van der Waals surface area contributed by atoms with Gasteiger partial charge < -0.3 is 14.1 Å². The van der Waals surface area contributed by atoms with Gasteiger partial charge in [-0.25, -0.2) is 0 Å². The molecular weight excluding hydrogens is 314 g/mol. The van der Waals surface area contributed by atoms with E-state index in [0.29, 0.717) is 13.0 Å². The maximum absolute atomic E-state index is 12.6. The fourth-order valence-electron chi connectivity index (χ4n) is 2.96. The largest absolute Gasteiger partial charge is 0.496 e. The Labute approximate surface area is 148 Å². The van der Waals surface area contributed by atoms with Crippen molar-refractivity contribution in [3.8, 4) is 5.75 Å². The number of hydrogen-bond donors (Lipinski definition) is 0. The number of furan rings is 1. The first-order chi connectivity index (χ1) is 12.1. The first kappa shape index (κ1) is 17.1. The van der Waals surface area contributed by atoms with Gasteiger partial charge in [0.05, 0.1) is 19.8 Å². The molecule has 0 aliphatic rings. The Hall–Kier alpha value is -2.75. The highest BCUT2D eigenvalue weighted by molar-refractivity contribution is 5.87. The lowest BCUT2D eigenvalue weighted by atomic mass is 10.1. The molecule has 0 aliphatic carbocycles. The van der Waals surface area contributed by atoms with Crippen molar-refractivity contribution in [3.05, 3.63) is 65.4 Å². The van der Waals surface area contributed by atoms with Gasteiger partial charge in [0, 0.05) is 30.1 Å². The van der Waals surface area contributed by atoms with Crippen LogP contribution < -0.4 is 4.74 Å². The Balaban J connectivity index is 1.73. The first-order valence-electron chi connectivity index (χ1n) is 8.47. The Bertz CT molecular complexity index is 882. The molecule has 0 saturated heterocycles. The van der Waals surface area contributed by atoms with E-state index in [2.05, 4.69) is 13.0 Å². The number of hydrogen-bond acceptors (Lipinski definition) is 3. The van der Waals surface area contributed by atoms with Crippen LogP contribution >= 0.6 is 0 Å². The molecule has 0 aliphatic heterocycles. The third kappa shape index (κ3) is 3.68. The molecule has 4 heteroatoms. The van der Waals surface area contributed by atoms with Crippen molar-refractivity contribution < 1.29 is 13.9 Å². The summed E-state index contributed by atoms with van der Waals surface area (Å²) in [6.07, 6.45) is 2.98. The molecule has 3 rings (SSSR count). The van der Waals surface area contributed by atoms with Crippen LogP contribution in [0.4, 0.5) is 0 Å². The van der Waals surface area contributed by atoms with E-state index in [1.54, 1.807) is 18.3 Å². The van der Waals surface area contributed by atoms with Crippen LogP contribution in [0.15, 0.2) is 53.1 Å². The zero-order chi connectivity index (χ0) is 17.8. The van der Waals surface area contributed by atoms with Gasteiger partial charge in [-0.1, -0.05) is 37.3 Å². The molecule has 1 heterocycles. The summed E-state index contributed by atoms with van der Waals surface area (Å²) in [4.78, 5) is 14.3. The molecule has 1 amide bonds. The van der Waals surface area contributed by atoms with E-state index in [-0.39, 0.29) is 5.91 Å². The minimum Gasteiger partial charge on any atom is -0.496 e. The number of amides is 1. The Kier molecular flexibility index (Phi) is 5.08. The summed E-state index contributed by atoms with van der Waals surface area (Å²) in [5, 5.41) is 1.01. The molecule has 0 radical (unpaired) electrons. The number of carbonyl (C=O) groups excluding carboxylic acids is 1. The van der Waals surface area contributed by atoms with Gasteiger partial charge in [0.1, 0.15) is 11.3 Å². The fraction of sp³-hybridized carbons (Fsp3) is 0.286. The maximum Gasteiger partial charge on any atom is 0.227 e. The summed E-state index contributed by atoms with van der Waals surface area (Å²) in [6, 6.07) is 13.9. The Morgan fingerprint density at radius 1 is 1.16 bits per heavy atom. The second-order valence-corrected chi connectivity index (χ2v) is 6.18. The van der Waals surface area contributed by atoms with Gasteiger partial charge in [-0.2, -0.15) is 0 Å². The normalized spacial score (nSPS) is 10.8. The zero-order valence-electron chi connectivity index (χ0n) is 14.9. The van der Waals surface area contributed by atoms with E-state index in [1.807, 2.05) is 43.4 Å². The number of nitrogens with zero attached hydrogens (tertiary/aromatic N) is 1. The summed E-state index contributed by atoms with van der Waals surface area (Å²) in [5.41, 5.74) is 3.99. The number of benzene rings is 2. The molecule has 0 unspecified atom stereocenters. The molecule has 0 saturated carbocycles. The van der Waals surface area contributed by atoms with Crippen LogP contribution in [-0.4, -0.2) is 25.0 Å². The number of methoxy groups -OCH3 is 1. The lowest BCUT2D eigenvalue weighted by Gasteiger charge is -2.18. The molecule has 0 fully saturated rings. The van der Waals surface area contributed by atoms with Crippen molar-refractivity contribution in [1.29, 1.82) is 0 Å². The van der Waals surface area contributed by atoms with E-state index in [1.165, 1.54) is 5.56 Å². The van der Waals surface area contributed by atoms with Gasteiger partial charge in [0.2, 0.25) is 5.91 Å². The number of fused-ring (bicyclic) bond motifs is 1. The number of aryl methyl sites for hydroxylation is 1. The molecule has 0 atom stereocenters. The van der Waals surface area contributed by atoms with Gasteiger partial charge in [0.15, 0.2) is 0 Å². The second kappa shape index (κ2) is 7.43. The van der Waals surface area contributed by atoms with Gasteiger partial charge in [0.25, 0.3) is 0 Å². The van der Waals surface area contributed by atoms with Crippen LogP contribution in [0.1, 0.15) is 23.6 Å². The number of ether oxygens (including phenoxy) is 1. The number of rotatable bonds is 6. The van der Waals surface area contributed by atoms with Crippen LogP contribution in [0.2, 0.25) is 0 Å². The van der Waals surface area contributed by atoms with Crippen molar-refractivity contribution >= 4 is 16.9 Å². The maximum atomic E-state index is 12.6. The monoisotopic (exact) mass is 337 g/mol. The number of carbonyl (C=O) groups is 1. The number of para-hydroxylation sites is 1. The smallest absolute Gasteiger partial charge is 0.227 e. The Morgan fingerprint density at radius 2 is 1.96 bits per heavy atom. The van der Waals surface area contributed by atoms with Gasteiger partial charge in [-0.05, 0) is 24.1 Å². The van der Waals surface area contributed by atoms with E-state index in [0.717, 1.165) is 34.3 Å². The summed E-state index contributed by atoms with van der Waals surface area (Å²) in [5.74, 6) is 0.844. The fourth-order valence-corrected chi connectivity index (χ4v) is 2.96. The highest BCUT2D eigenvalue weighted by Crippen LogP contribution is 2.24. The molecule has 3 aromatic rings. The molecule has 1 aromatic heterocycles. The van der Waals surface area contributed by atoms with E-state index >= 15 is 0 Å². The van der Waals surface area contributed by atoms with Crippen molar-refractivity contribution in [2.24, 2.45) is 0 Å². The van der Waals surface area contributed by atoms with Gasteiger partial charge in [-0.3, -0.25) is 4.79 Å². The summed E-state index contributed by atoms with van der Waals surface area (Å²) >= 11 is 0. The van der Waals surface area contributed by atoms with E-state index < -0.39 is 0 Å². The van der Waals surface area contributed by atoms with Crippen molar-refractivity contribution in [1.82, 2.24) is 4.90 Å². The topological polar surface area (TPSA) is 42.7 Å². The quantitative estimate of drug-likeness (QED) is 0.677. The molecule has 25 heavy (non-hydrogen) atoms. The van der Waals surface area contributed by atoms with Crippen LogP contribution in [0, 0.1) is 0 Å². The van der Waals surface area contributed by atoms with Crippen LogP contribution in [-0.2, 0) is 24.2 Å². The zero-order valence-corrected chi connectivity index (χ0v) is 14.9. The molecule has 0 bridgehead atoms. The van der Waals surface area contributed by atoms with Gasteiger partial charge >= 0.3 is 0 Å². The minimum absolute atomic E-state index is 0.0492. The second-order valence-electron chi connectivity index (χ2n) is 6.18.